The fourth-order valence-electron chi connectivity index (χ4n) is 0.963. The fourth-order valence-corrected chi connectivity index (χ4v) is 1.11. The van der Waals surface area contributed by atoms with Crippen molar-refractivity contribution in [3.05, 3.63) is 29.8 Å². The molecule has 102 valence electrons. The van der Waals surface area contributed by atoms with Crippen LogP contribution in [-0.2, 0) is 4.79 Å². The Morgan fingerprint density at radius 2 is 1.67 bits per heavy atom. The first kappa shape index (κ1) is 16.9. The summed E-state index contributed by atoms with van der Waals surface area (Å²) >= 11 is 4.10. The second-order valence-electron chi connectivity index (χ2n) is 3.67. The Balaban J connectivity index is 0.000000411. The molecule has 0 aliphatic carbocycles. The average Bonchev–Trinajstić information content (AvgIpc) is 2.38. The number of aliphatic hydroxyl groups excluding tert-OH is 3. The lowest BCUT2D eigenvalue weighted by atomic mass is 10.0. The number of carboxylic acid groups (broad SMARTS) is 1. The summed E-state index contributed by atoms with van der Waals surface area (Å²) in [6.07, 6.45) is -0.954. The summed E-state index contributed by atoms with van der Waals surface area (Å²) in [5.74, 6) is -1.25. The zero-order valence-electron chi connectivity index (χ0n) is 10.0. The molecular formula is C12H18O5S. The zero-order chi connectivity index (χ0) is 14.1. The molecule has 0 aliphatic heterocycles. The molecule has 0 aliphatic rings. The van der Waals surface area contributed by atoms with Crippen LogP contribution < -0.4 is 0 Å². The highest BCUT2D eigenvalue weighted by molar-refractivity contribution is 7.80. The van der Waals surface area contributed by atoms with Gasteiger partial charge in [-0.25, -0.2) is 0 Å². The quantitative estimate of drug-likeness (QED) is 0.515. The lowest BCUT2D eigenvalue weighted by molar-refractivity contribution is -0.138. The van der Waals surface area contributed by atoms with E-state index in [1.165, 1.54) is 0 Å². The number of rotatable bonds is 4. The summed E-state index contributed by atoms with van der Waals surface area (Å²) in [6, 6.07) is 7.14. The summed E-state index contributed by atoms with van der Waals surface area (Å²) < 4.78 is 0. The molecule has 0 fully saturated rings. The van der Waals surface area contributed by atoms with Crippen molar-refractivity contribution in [2.75, 3.05) is 13.2 Å². The van der Waals surface area contributed by atoms with E-state index in [0.717, 1.165) is 10.5 Å². The third kappa shape index (κ3) is 6.61. The molecule has 1 aromatic carbocycles. The van der Waals surface area contributed by atoms with Gasteiger partial charge in [0.2, 0.25) is 0 Å². The van der Waals surface area contributed by atoms with E-state index in [1.807, 2.05) is 0 Å². The van der Waals surface area contributed by atoms with Crippen molar-refractivity contribution in [2.45, 2.75) is 23.8 Å². The van der Waals surface area contributed by atoms with Crippen LogP contribution in [0.1, 0.15) is 18.4 Å². The van der Waals surface area contributed by atoms with Crippen molar-refractivity contribution < 1.29 is 25.2 Å². The third-order valence-corrected chi connectivity index (χ3v) is 2.48. The largest absolute Gasteiger partial charge is 0.481 e. The number of hydrogen-bond donors (Lipinski definition) is 5. The molecule has 0 radical (unpaired) electrons. The van der Waals surface area contributed by atoms with E-state index in [4.69, 9.17) is 20.4 Å². The standard InChI is InChI=1S/C9H10O2S.C3H8O3/c1-6(9(10)11)7-2-4-8(12)5-3-7;4-1-3(6)2-5/h2-6,12H,1H3,(H,10,11);3-6H,1-2H2. The Bertz CT molecular complexity index is 348. The van der Waals surface area contributed by atoms with Gasteiger partial charge in [-0.2, -0.15) is 0 Å². The molecular weight excluding hydrogens is 256 g/mol. The van der Waals surface area contributed by atoms with Crippen molar-refractivity contribution in [2.24, 2.45) is 0 Å². The van der Waals surface area contributed by atoms with E-state index in [2.05, 4.69) is 12.6 Å². The van der Waals surface area contributed by atoms with Gasteiger partial charge in [0, 0.05) is 4.90 Å². The van der Waals surface area contributed by atoms with Crippen molar-refractivity contribution in [1.82, 2.24) is 0 Å². The van der Waals surface area contributed by atoms with Gasteiger partial charge in [-0.15, -0.1) is 12.6 Å². The van der Waals surface area contributed by atoms with Crippen LogP contribution in [0.15, 0.2) is 29.2 Å². The summed E-state index contributed by atoms with van der Waals surface area (Å²) in [6.45, 7) is 0.933. The lowest BCUT2D eigenvalue weighted by Crippen LogP contribution is -2.15. The SMILES string of the molecule is CC(C(=O)O)c1ccc(S)cc1.OCC(O)CO. The second kappa shape index (κ2) is 8.93. The molecule has 0 bridgehead atoms. The maximum atomic E-state index is 10.6. The fraction of sp³-hybridized carbons (Fsp3) is 0.417. The summed E-state index contributed by atoms with van der Waals surface area (Å²) in [7, 11) is 0. The Morgan fingerprint density at radius 3 is 1.94 bits per heavy atom. The van der Waals surface area contributed by atoms with Crippen molar-refractivity contribution in [3.63, 3.8) is 0 Å². The van der Waals surface area contributed by atoms with Crippen LogP contribution in [-0.4, -0.2) is 45.7 Å². The minimum absolute atomic E-state index is 0.365. The Hall–Kier alpha value is -1.08. The van der Waals surface area contributed by atoms with E-state index in [1.54, 1.807) is 31.2 Å². The highest BCUT2D eigenvalue weighted by Gasteiger charge is 2.12. The van der Waals surface area contributed by atoms with Crippen molar-refractivity contribution >= 4 is 18.6 Å². The Morgan fingerprint density at radius 1 is 1.22 bits per heavy atom. The first-order valence-corrected chi connectivity index (χ1v) is 5.78. The van der Waals surface area contributed by atoms with Crippen LogP contribution >= 0.6 is 12.6 Å². The van der Waals surface area contributed by atoms with E-state index in [-0.39, 0.29) is 13.2 Å². The lowest BCUT2D eigenvalue weighted by Gasteiger charge is -2.05. The van der Waals surface area contributed by atoms with Gasteiger partial charge in [-0.05, 0) is 24.6 Å². The van der Waals surface area contributed by atoms with Gasteiger partial charge < -0.3 is 20.4 Å². The molecule has 1 aromatic rings. The molecule has 0 saturated heterocycles. The summed E-state index contributed by atoms with van der Waals surface area (Å²) in [5.41, 5.74) is 0.806. The van der Waals surface area contributed by atoms with Crippen LogP contribution in [0.2, 0.25) is 0 Å². The topological polar surface area (TPSA) is 98.0 Å². The monoisotopic (exact) mass is 274 g/mol. The van der Waals surface area contributed by atoms with E-state index >= 15 is 0 Å². The maximum absolute atomic E-state index is 10.6. The number of thiol groups is 1. The van der Waals surface area contributed by atoms with Gasteiger partial charge in [0.05, 0.1) is 19.1 Å². The van der Waals surface area contributed by atoms with Gasteiger partial charge >= 0.3 is 5.97 Å². The third-order valence-electron chi connectivity index (χ3n) is 2.19. The number of benzene rings is 1. The zero-order valence-corrected chi connectivity index (χ0v) is 10.9. The highest BCUT2D eigenvalue weighted by Crippen LogP contribution is 2.16. The number of carboxylic acids is 1. The molecule has 1 atom stereocenters. The van der Waals surface area contributed by atoms with Gasteiger partial charge in [0.15, 0.2) is 0 Å². The minimum Gasteiger partial charge on any atom is -0.481 e. The molecule has 5 nitrogen and oxygen atoms in total. The maximum Gasteiger partial charge on any atom is 0.310 e. The molecule has 0 saturated carbocycles. The molecule has 18 heavy (non-hydrogen) atoms. The van der Waals surface area contributed by atoms with Crippen LogP contribution in [0, 0.1) is 0 Å². The molecule has 6 heteroatoms. The number of carbonyl (C=O) groups is 1. The van der Waals surface area contributed by atoms with Gasteiger partial charge in [-0.1, -0.05) is 12.1 Å². The number of aliphatic hydroxyl groups is 3. The van der Waals surface area contributed by atoms with Crippen LogP contribution in [0.5, 0.6) is 0 Å². The Kier molecular flexibility index (Phi) is 8.40. The molecule has 0 amide bonds. The first-order chi connectivity index (χ1) is 8.42. The predicted molar refractivity (Wildman–Crippen MR) is 69.9 cm³/mol. The summed E-state index contributed by atoms with van der Waals surface area (Å²) in [4.78, 5) is 11.4. The van der Waals surface area contributed by atoms with Crippen molar-refractivity contribution in [1.29, 1.82) is 0 Å². The molecule has 1 rings (SSSR count). The number of hydrogen-bond acceptors (Lipinski definition) is 5. The highest BCUT2D eigenvalue weighted by atomic mass is 32.1. The minimum atomic E-state index is -0.954. The van der Waals surface area contributed by atoms with Gasteiger partial charge in [0.1, 0.15) is 6.10 Å². The molecule has 4 N–H and O–H groups in total. The van der Waals surface area contributed by atoms with Crippen LogP contribution in [0.25, 0.3) is 0 Å². The van der Waals surface area contributed by atoms with Crippen LogP contribution in [0.4, 0.5) is 0 Å². The van der Waals surface area contributed by atoms with E-state index in [0.29, 0.717) is 0 Å². The van der Waals surface area contributed by atoms with Gasteiger partial charge in [0.25, 0.3) is 0 Å². The van der Waals surface area contributed by atoms with Gasteiger partial charge in [-0.3, -0.25) is 4.79 Å². The number of aliphatic carboxylic acids is 1. The van der Waals surface area contributed by atoms with E-state index < -0.39 is 18.0 Å². The normalized spacial score (nSPS) is 11.7. The first-order valence-electron chi connectivity index (χ1n) is 5.33. The van der Waals surface area contributed by atoms with Crippen molar-refractivity contribution in [3.8, 4) is 0 Å². The predicted octanol–water partition coefficient (Wildman–Crippen LogP) is 0.495. The molecule has 0 aromatic heterocycles. The second-order valence-corrected chi connectivity index (χ2v) is 4.19. The smallest absolute Gasteiger partial charge is 0.310 e. The molecule has 1 unspecified atom stereocenters. The molecule has 0 heterocycles. The molecule has 0 spiro atoms. The summed E-state index contributed by atoms with van der Waals surface area (Å²) in [5, 5.41) is 32.7. The Labute approximate surface area is 111 Å². The van der Waals surface area contributed by atoms with Crippen LogP contribution in [0.3, 0.4) is 0 Å². The van der Waals surface area contributed by atoms with E-state index in [9.17, 15) is 4.79 Å². The average molecular weight is 274 g/mol.